The van der Waals surface area contributed by atoms with Gasteiger partial charge in [0, 0.05) is 37.9 Å². The van der Waals surface area contributed by atoms with Crippen LogP contribution in [0.2, 0.25) is 0 Å². The molecule has 5 heteroatoms. The fourth-order valence-corrected chi connectivity index (χ4v) is 4.37. The lowest BCUT2D eigenvalue weighted by atomic mass is 9.84. The highest BCUT2D eigenvalue weighted by molar-refractivity contribution is 5.78. The van der Waals surface area contributed by atoms with Gasteiger partial charge in [-0.25, -0.2) is 4.98 Å². The molecule has 25 heavy (non-hydrogen) atoms. The zero-order chi connectivity index (χ0) is 17.6. The van der Waals surface area contributed by atoms with E-state index < -0.39 is 0 Å². The second-order valence-electron chi connectivity index (χ2n) is 7.62. The molecule has 3 heterocycles. The number of carbonyl (C=O) groups is 1. The number of rotatable bonds is 1. The van der Waals surface area contributed by atoms with E-state index in [0.717, 1.165) is 38.3 Å². The van der Waals surface area contributed by atoms with E-state index in [1.807, 2.05) is 24.9 Å². The van der Waals surface area contributed by atoms with Crippen molar-refractivity contribution in [2.45, 2.75) is 38.8 Å². The summed E-state index contributed by atoms with van der Waals surface area (Å²) in [5.74, 6) is 1.43. The topological polar surface area (TPSA) is 41.4 Å². The predicted molar refractivity (Wildman–Crippen MR) is 97.4 cm³/mol. The van der Waals surface area contributed by atoms with Crippen LogP contribution < -0.4 is 0 Å². The van der Waals surface area contributed by atoms with Crippen molar-refractivity contribution in [3.63, 3.8) is 0 Å². The standard InChI is InChI=1S/C20H26N4O/c1-15(2)18(25)23-11-8-20(9-12-23)19-21-10-13-24(19)17-7-5-4-6-16(17)14-22(20)3/h4-7,10,13,15H,8-9,11-12,14H2,1-3H3. The maximum Gasteiger partial charge on any atom is 0.225 e. The van der Waals surface area contributed by atoms with Crippen LogP contribution in [0.15, 0.2) is 36.7 Å². The lowest BCUT2D eigenvalue weighted by molar-refractivity contribution is -0.137. The monoisotopic (exact) mass is 338 g/mol. The van der Waals surface area contributed by atoms with Gasteiger partial charge in [-0.15, -0.1) is 0 Å². The van der Waals surface area contributed by atoms with Crippen LogP contribution >= 0.6 is 0 Å². The highest BCUT2D eigenvalue weighted by Crippen LogP contribution is 2.41. The number of hydrogen-bond acceptors (Lipinski definition) is 3. The highest BCUT2D eigenvalue weighted by atomic mass is 16.2. The highest BCUT2D eigenvalue weighted by Gasteiger charge is 2.45. The summed E-state index contributed by atoms with van der Waals surface area (Å²) in [4.78, 5) is 21.6. The normalized spacial score (nSPS) is 19.6. The Labute approximate surface area is 149 Å². The molecule has 1 spiro atoms. The van der Waals surface area contributed by atoms with Crippen molar-refractivity contribution in [1.82, 2.24) is 19.4 Å². The molecular weight excluding hydrogens is 312 g/mol. The Hall–Kier alpha value is -2.14. The summed E-state index contributed by atoms with van der Waals surface area (Å²) >= 11 is 0. The first-order valence-electron chi connectivity index (χ1n) is 9.15. The molecule has 1 aromatic carbocycles. The zero-order valence-electron chi connectivity index (χ0n) is 15.3. The van der Waals surface area contributed by atoms with Crippen molar-refractivity contribution >= 4 is 5.91 Å². The van der Waals surface area contributed by atoms with E-state index in [9.17, 15) is 4.79 Å². The van der Waals surface area contributed by atoms with Gasteiger partial charge < -0.3 is 9.47 Å². The minimum atomic E-state index is -0.115. The molecule has 1 aromatic heterocycles. The van der Waals surface area contributed by atoms with Gasteiger partial charge in [0.1, 0.15) is 5.82 Å². The summed E-state index contributed by atoms with van der Waals surface area (Å²) in [6.07, 6.45) is 5.82. The molecule has 2 aromatic rings. The van der Waals surface area contributed by atoms with Gasteiger partial charge in [0.05, 0.1) is 11.2 Å². The quantitative estimate of drug-likeness (QED) is 0.803. The molecule has 0 bridgehead atoms. The summed E-state index contributed by atoms with van der Waals surface area (Å²) in [5.41, 5.74) is 2.43. The second-order valence-corrected chi connectivity index (χ2v) is 7.62. The number of benzene rings is 1. The summed E-state index contributed by atoms with van der Waals surface area (Å²) in [5, 5.41) is 0. The van der Waals surface area contributed by atoms with E-state index in [4.69, 9.17) is 4.98 Å². The van der Waals surface area contributed by atoms with E-state index in [-0.39, 0.29) is 17.4 Å². The number of likely N-dealkylation sites (tertiary alicyclic amines) is 1. The number of aromatic nitrogens is 2. The number of imidazole rings is 1. The molecule has 1 fully saturated rings. The number of amides is 1. The molecule has 0 unspecified atom stereocenters. The number of nitrogens with zero attached hydrogens (tertiary/aromatic N) is 4. The second kappa shape index (κ2) is 5.99. The van der Waals surface area contributed by atoms with Gasteiger partial charge in [-0.05, 0) is 31.5 Å². The van der Waals surface area contributed by atoms with Crippen molar-refractivity contribution in [3.05, 3.63) is 48.0 Å². The van der Waals surface area contributed by atoms with Crippen LogP contribution in [0.3, 0.4) is 0 Å². The van der Waals surface area contributed by atoms with Crippen LogP contribution in [-0.2, 0) is 16.9 Å². The van der Waals surface area contributed by atoms with Gasteiger partial charge in [0.25, 0.3) is 0 Å². The Bertz CT molecular complexity index is 786. The van der Waals surface area contributed by atoms with Gasteiger partial charge in [-0.1, -0.05) is 32.0 Å². The minimum absolute atomic E-state index is 0.0622. The maximum absolute atomic E-state index is 12.4. The summed E-state index contributed by atoms with van der Waals surface area (Å²) < 4.78 is 2.25. The Morgan fingerprint density at radius 1 is 1.20 bits per heavy atom. The molecule has 0 radical (unpaired) electrons. The number of fused-ring (bicyclic) bond motifs is 4. The molecule has 5 nitrogen and oxygen atoms in total. The molecule has 132 valence electrons. The predicted octanol–water partition coefficient (Wildman–Crippen LogP) is 2.79. The average Bonchev–Trinajstić information content (AvgIpc) is 3.08. The number of piperidine rings is 1. The Kier molecular flexibility index (Phi) is 3.91. The first-order chi connectivity index (χ1) is 12.0. The third-order valence-electron chi connectivity index (χ3n) is 5.84. The summed E-state index contributed by atoms with van der Waals surface area (Å²) in [6, 6.07) is 8.56. The Balaban J connectivity index is 1.71. The van der Waals surface area contributed by atoms with Gasteiger partial charge in [-0.3, -0.25) is 9.69 Å². The molecule has 0 N–H and O–H groups in total. The smallest absolute Gasteiger partial charge is 0.225 e. The van der Waals surface area contributed by atoms with E-state index in [2.05, 4.69) is 47.0 Å². The van der Waals surface area contributed by atoms with Crippen LogP contribution in [0, 0.1) is 5.92 Å². The van der Waals surface area contributed by atoms with Crippen LogP contribution in [0.5, 0.6) is 0 Å². The number of hydrogen-bond donors (Lipinski definition) is 0. The molecule has 2 aliphatic rings. The molecule has 1 saturated heterocycles. The fraction of sp³-hybridized carbons (Fsp3) is 0.500. The minimum Gasteiger partial charge on any atom is -0.342 e. The van der Waals surface area contributed by atoms with Crippen molar-refractivity contribution in [1.29, 1.82) is 0 Å². The summed E-state index contributed by atoms with van der Waals surface area (Å²) in [7, 11) is 2.20. The third-order valence-corrected chi connectivity index (χ3v) is 5.84. The SMILES string of the molecule is CC(C)C(=O)N1CCC2(CC1)c1nccn1-c1ccccc1CN2C. The van der Waals surface area contributed by atoms with Crippen LogP contribution in [-0.4, -0.2) is 45.4 Å². The lowest BCUT2D eigenvalue weighted by Gasteiger charge is -2.46. The molecule has 4 rings (SSSR count). The maximum atomic E-state index is 12.4. The number of para-hydroxylation sites is 1. The first kappa shape index (κ1) is 16.3. The van der Waals surface area contributed by atoms with Crippen molar-refractivity contribution in [2.75, 3.05) is 20.1 Å². The molecule has 0 aliphatic carbocycles. The van der Waals surface area contributed by atoms with Crippen molar-refractivity contribution < 1.29 is 4.79 Å². The number of carbonyl (C=O) groups excluding carboxylic acids is 1. The van der Waals surface area contributed by atoms with Gasteiger partial charge in [0.2, 0.25) is 5.91 Å². The largest absolute Gasteiger partial charge is 0.342 e. The van der Waals surface area contributed by atoms with E-state index in [1.165, 1.54) is 11.3 Å². The molecule has 1 amide bonds. The molecule has 2 aliphatic heterocycles. The summed E-state index contributed by atoms with van der Waals surface area (Å²) in [6.45, 7) is 6.45. The van der Waals surface area contributed by atoms with Crippen LogP contribution in [0.4, 0.5) is 0 Å². The van der Waals surface area contributed by atoms with Crippen LogP contribution in [0.1, 0.15) is 38.1 Å². The van der Waals surface area contributed by atoms with Gasteiger partial charge >= 0.3 is 0 Å². The average molecular weight is 338 g/mol. The molecule has 0 atom stereocenters. The molecule has 0 saturated carbocycles. The third kappa shape index (κ3) is 2.49. The van der Waals surface area contributed by atoms with Crippen LogP contribution in [0.25, 0.3) is 5.69 Å². The van der Waals surface area contributed by atoms with Crippen molar-refractivity contribution in [3.8, 4) is 5.69 Å². The molecular formula is C20H26N4O. The van der Waals surface area contributed by atoms with Gasteiger partial charge in [-0.2, -0.15) is 0 Å². The van der Waals surface area contributed by atoms with E-state index in [1.54, 1.807) is 0 Å². The Morgan fingerprint density at radius 3 is 2.64 bits per heavy atom. The van der Waals surface area contributed by atoms with Gasteiger partial charge in [0.15, 0.2) is 0 Å². The van der Waals surface area contributed by atoms with E-state index in [0.29, 0.717) is 0 Å². The van der Waals surface area contributed by atoms with E-state index >= 15 is 0 Å². The Morgan fingerprint density at radius 2 is 1.92 bits per heavy atom. The zero-order valence-corrected chi connectivity index (χ0v) is 15.3. The van der Waals surface area contributed by atoms with Crippen molar-refractivity contribution in [2.24, 2.45) is 5.92 Å². The fourth-order valence-electron chi connectivity index (χ4n) is 4.37. The lowest BCUT2D eigenvalue weighted by Crippen LogP contribution is -2.53. The first-order valence-corrected chi connectivity index (χ1v) is 9.15.